The molecule has 0 radical (unpaired) electrons. The Hall–Kier alpha value is -2.98. The Morgan fingerprint density at radius 3 is 2.88 bits per heavy atom. The van der Waals surface area contributed by atoms with E-state index in [0.717, 1.165) is 32.0 Å². The van der Waals surface area contributed by atoms with Gasteiger partial charge in [-0.05, 0) is 51.6 Å². The first-order valence-corrected chi connectivity index (χ1v) is 11.4. The van der Waals surface area contributed by atoms with Crippen LogP contribution in [0.2, 0.25) is 0 Å². The van der Waals surface area contributed by atoms with Crippen LogP contribution < -0.4 is 10.5 Å². The lowest BCUT2D eigenvalue weighted by atomic mass is 9.82. The van der Waals surface area contributed by atoms with E-state index in [1.54, 1.807) is 13.8 Å². The highest BCUT2D eigenvalue weighted by Gasteiger charge is 2.37. The second-order valence-electron chi connectivity index (χ2n) is 8.40. The van der Waals surface area contributed by atoms with Crippen LogP contribution in [0.15, 0.2) is 47.1 Å². The van der Waals surface area contributed by atoms with Gasteiger partial charge in [0.15, 0.2) is 0 Å². The maximum atomic E-state index is 12.8. The third-order valence-electron chi connectivity index (χ3n) is 5.95. The van der Waals surface area contributed by atoms with Gasteiger partial charge in [-0.3, -0.25) is 0 Å². The molecule has 0 aromatic heterocycles. The summed E-state index contributed by atoms with van der Waals surface area (Å²) in [5, 5.41) is 9.79. The number of esters is 1. The number of nitriles is 1. The van der Waals surface area contributed by atoms with E-state index in [0.29, 0.717) is 23.7 Å². The smallest absolute Gasteiger partial charge is 0.338 e. The highest BCUT2D eigenvalue weighted by atomic mass is 16.5. The molecule has 172 valence electrons. The number of nitrogens with zero attached hydrogens (tertiary/aromatic N) is 2. The molecule has 0 bridgehead atoms. The SMILES string of the molecule is CCOC(=O)C1=C(C)OC(N)=C(C#N)C1c1ccccc1OCCCN1CCCC(C)C1. The molecule has 2 unspecified atom stereocenters. The minimum absolute atomic E-state index is 0.00271. The fraction of sp³-hybridized carbons (Fsp3) is 0.520. The average molecular weight is 440 g/mol. The third-order valence-corrected chi connectivity index (χ3v) is 5.95. The molecule has 1 saturated heterocycles. The van der Waals surface area contributed by atoms with Crippen molar-refractivity contribution in [3.63, 3.8) is 0 Å². The Kier molecular flexibility index (Phi) is 8.18. The van der Waals surface area contributed by atoms with Crippen LogP contribution in [0.5, 0.6) is 5.75 Å². The summed E-state index contributed by atoms with van der Waals surface area (Å²) in [6.07, 6.45) is 3.46. The van der Waals surface area contributed by atoms with Crippen LogP contribution in [0.25, 0.3) is 0 Å². The maximum Gasteiger partial charge on any atom is 0.338 e. The molecule has 0 spiro atoms. The number of carbonyl (C=O) groups is 1. The van der Waals surface area contributed by atoms with Gasteiger partial charge < -0.3 is 24.8 Å². The number of ether oxygens (including phenoxy) is 3. The molecule has 3 rings (SSSR count). The number of benzene rings is 1. The lowest BCUT2D eigenvalue weighted by molar-refractivity contribution is -0.139. The zero-order valence-corrected chi connectivity index (χ0v) is 19.2. The van der Waals surface area contributed by atoms with Crippen LogP contribution in [-0.2, 0) is 14.3 Å². The molecule has 7 heteroatoms. The maximum absolute atomic E-state index is 12.8. The van der Waals surface area contributed by atoms with Crippen molar-refractivity contribution >= 4 is 5.97 Å². The summed E-state index contributed by atoms with van der Waals surface area (Å²) in [5.74, 6) is 0.478. The van der Waals surface area contributed by atoms with Crippen LogP contribution in [0, 0.1) is 17.2 Å². The molecule has 0 aliphatic carbocycles. The molecule has 2 aliphatic rings. The van der Waals surface area contributed by atoms with E-state index in [9.17, 15) is 10.1 Å². The van der Waals surface area contributed by atoms with E-state index in [1.807, 2.05) is 24.3 Å². The van der Waals surface area contributed by atoms with E-state index in [-0.39, 0.29) is 23.6 Å². The number of piperidine rings is 1. The number of carbonyl (C=O) groups excluding carboxylic acids is 1. The fourth-order valence-corrected chi connectivity index (χ4v) is 4.48. The summed E-state index contributed by atoms with van der Waals surface area (Å²) in [6, 6.07) is 9.57. The molecule has 1 aromatic carbocycles. The zero-order chi connectivity index (χ0) is 23.1. The van der Waals surface area contributed by atoms with E-state index in [2.05, 4.69) is 17.9 Å². The van der Waals surface area contributed by atoms with E-state index in [4.69, 9.17) is 19.9 Å². The molecule has 0 amide bonds. The van der Waals surface area contributed by atoms with Gasteiger partial charge in [0.2, 0.25) is 5.88 Å². The van der Waals surface area contributed by atoms with Gasteiger partial charge >= 0.3 is 5.97 Å². The molecular weight excluding hydrogens is 406 g/mol. The Bertz CT molecular complexity index is 931. The van der Waals surface area contributed by atoms with Crippen LogP contribution in [0.3, 0.4) is 0 Å². The normalized spacial score (nSPS) is 21.7. The van der Waals surface area contributed by atoms with Gasteiger partial charge in [0.05, 0.1) is 24.7 Å². The summed E-state index contributed by atoms with van der Waals surface area (Å²) < 4.78 is 16.9. The average Bonchev–Trinajstić information content (AvgIpc) is 2.77. The summed E-state index contributed by atoms with van der Waals surface area (Å²) in [7, 11) is 0. The summed E-state index contributed by atoms with van der Waals surface area (Å²) in [5.41, 5.74) is 7.16. The lowest BCUT2D eigenvalue weighted by Gasteiger charge is -2.31. The number of likely N-dealkylation sites (tertiary alicyclic amines) is 1. The summed E-state index contributed by atoms with van der Waals surface area (Å²) in [4.78, 5) is 15.2. The predicted octanol–water partition coefficient (Wildman–Crippen LogP) is 3.83. The summed E-state index contributed by atoms with van der Waals surface area (Å²) in [6.45, 7) is 9.74. The van der Waals surface area contributed by atoms with Crippen LogP contribution in [-0.4, -0.2) is 43.7 Å². The molecule has 32 heavy (non-hydrogen) atoms. The monoisotopic (exact) mass is 439 g/mol. The van der Waals surface area contributed by atoms with Gasteiger partial charge in [0.25, 0.3) is 0 Å². The van der Waals surface area contributed by atoms with Crippen molar-refractivity contribution in [2.45, 2.75) is 46.0 Å². The van der Waals surface area contributed by atoms with Gasteiger partial charge in [-0.2, -0.15) is 5.26 Å². The first-order valence-electron chi connectivity index (χ1n) is 11.4. The lowest BCUT2D eigenvalue weighted by Crippen LogP contribution is -2.35. The van der Waals surface area contributed by atoms with Crippen molar-refractivity contribution in [1.29, 1.82) is 5.26 Å². The quantitative estimate of drug-likeness (QED) is 0.485. The molecule has 7 nitrogen and oxygen atoms in total. The summed E-state index contributed by atoms with van der Waals surface area (Å²) >= 11 is 0. The second kappa shape index (κ2) is 11.1. The van der Waals surface area contributed by atoms with Crippen molar-refractivity contribution in [2.75, 3.05) is 32.8 Å². The molecule has 2 aliphatic heterocycles. The molecule has 1 aromatic rings. The van der Waals surface area contributed by atoms with Crippen LogP contribution in [0.4, 0.5) is 0 Å². The molecule has 1 fully saturated rings. The van der Waals surface area contributed by atoms with E-state index < -0.39 is 11.9 Å². The predicted molar refractivity (Wildman–Crippen MR) is 121 cm³/mol. The Morgan fingerprint density at radius 2 is 2.16 bits per heavy atom. The fourth-order valence-electron chi connectivity index (χ4n) is 4.48. The molecule has 0 saturated carbocycles. The Morgan fingerprint density at radius 1 is 1.38 bits per heavy atom. The number of hydrogen-bond donors (Lipinski definition) is 1. The van der Waals surface area contributed by atoms with Crippen molar-refractivity contribution < 1.29 is 19.0 Å². The highest BCUT2D eigenvalue weighted by molar-refractivity contribution is 5.92. The Balaban J connectivity index is 1.80. The minimum Gasteiger partial charge on any atom is -0.493 e. The molecule has 2 N–H and O–H groups in total. The van der Waals surface area contributed by atoms with Gasteiger partial charge in [-0.25, -0.2) is 4.79 Å². The van der Waals surface area contributed by atoms with E-state index in [1.165, 1.54) is 12.8 Å². The van der Waals surface area contributed by atoms with Crippen LogP contribution in [0.1, 0.15) is 51.5 Å². The first kappa shape index (κ1) is 23.7. The van der Waals surface area contributed by atoms with Gasteiger partial charge in [0, 0.05) is 18.7 Å². The molecular formula is C25H33N3O4. The molecule has 2 heterocycles. The number of nitrogens with two attached hydrogens (primary N) is 1. The second-order valence-corrected chi connectivity index (χ2v) is 8.40. The standard InChI is InChI=1S/C25H33N3O4/c1-4-30-25(29)22-18(3)32-24(27)20(15-26)23(22)19-10-5-6-11-21(19)31-14-8-13-28-12-7-9-17(2)16-28/h5-6,10-11,17,23H,4,7-9,12-14,16,27H2,1-3H3. The largest absolute Gasteiger partial charge is 0.493 e. The Labute approximate surface area is 190 Å². The van der Waals surface area contributed by atoms with Crippen molar-refractivity contribution in [2.24, 2.45) is 11.7 Å². The van der Waals surface area contributed by atoms with E-state index >= 15 is 0 Å². The van der Waals surface area contributed by atoms with Crippen molar-refractivity contribution in [3.8, 4) is 11.8 Å². The number of para-hydroxylation sites is 1. The van der Waals surface area contributed by atoms with Gasteiger partial charge in [0.1, 0.15) is 23.2 Å². The number of hydrogen-bond acceptors (Lipinski definition) is 7. The number of allylic oxidation sites excluding steroid dienone is 2. The number of rotatable bonds is 8. The highest BCUT2D eigenvalue weighted by Crippen LogP contribution is 2.42. The third kappa shape index (κ3) is 5.43. The van der Waals surface area contributed by atoms with Crippen molar-refractivity contribution in [1.82, 2.24) is 4.90 Å². The van der Waals surface area contributed by atoms with Gasteiger partial charge in [-0.1, -0.05) is 25.1 Å². The topological polar surface area (TPSA) is 97.8 Å². The van der Waals surface area contributed by atoms with Crippen molar-refractivity contribution in [3.05, 3.63) is 52.6 Å². The molecule has 2 atom stereocenters. The van der Waals surface area contributed by atoms with Gasteiger partial charge in [-0.15, -0.1) is 0 Å². The first-order chi connectivity index (χ1) is 15.5. The van der Waals surface area contributed by atoms with Crippen LogP contribution >= 0.6 is 0 Å². The minimum atomic E-state index is -0.702. The zero-order valence-electron chi connectivity index (χ0n) is 19.2.